The standard InChI is InChI=1S/C17H18ClN5O2/c1-11-19-20-16-14(3-2-8-22(11)16)23-15(24)10-21(17(23)25)9-12-4-6-13(18)7-5-12/h4-7,14H,2-3,8-10H2,1H3. The molecule has 2 aromatic rings. The average molecular weight is 360 g/mol. The molecule has 4 rings (SSSR count). The van der Waals surface area contributed by atoms with Gasteiger partial charge in [-0.2, -0.15) is 0 Å². The molecule has 7 nitrogen and oxygen atoms in total. The van der Waals surface area contributed by atoms with Crippen LogP contribution >= 0.6 is 11.6 Å². The van der Waals surface area contributed by atoms with Crippen molar-refractivity contribution in [1.29, 1.82) is 0 Å². The zero-order valence-electron chi connectivity index (χ0n) is 13.9. The summed E-state index contributed by atoms with van der Waals surface area (Å²) in [6.45, 7) is 3.19. The van der Waals surface area contributed by atoms with Crippen LogP contribution in [0.25, 0.3) is 0 Å². The summed E-state index contributed by atoms with van der Waals surface area (Å²) < 4.78 is 2.00. The highest BCUT2D eigenvalue weighted by molar-refractivity contribution is 6.30. The number of nitrogens with zero attached hydrogens (tertiary/aromatic N) is 5. The summed E-state index contributed by atoms with van der Waals surface area (Å²) in [4.78, 5) is 28.3. The van der Waals surface area contributed by atoms with Gasteiger partial charge in [0.15, 0.2) is 5.82 Å². The Morgan fingerprint density at radius 2 is 1.96 bits per heavy atom. The van der Waals surface area contributed by atoms with Gasteiger partial charge in [-0.3, -0.25) is 9.69 Å². The molecule has 0 saturated carbocycles. The van der Waals surface area contributed by atoms with Crippen molar-refractivity contribution >= 4 is 23.5 Å². The minimum atomic E-state index is -0.329. The molecule has 1 aromatic carbocycles. The van der Waals surface area contributed by atoms with E-state index in [-0.39, 0.29) is 24.5 Å². The van der Waals surface area contributed by atoms with Gasteiger partial charge in [0.2, 0.25) is 0 Å². The first-order valence-electron chi connectivity index (χ1n) is 8.29. The predicted octanol–water partition coefficient (Wildman–Crippen LogP) is 2.54. The fraction of sp³-hybridized carbons (Fsp3) is 0.412. The number of rotatable bonds is 3. The van der Waals surface area contributed by atoms with Crippen LogP contribution < -0.4 is 0 Å². The lowest BCUT2D eigenvalue weighted by Gasteiger charge is -2.29. The van der Waals surface area contributed by atoms with Gasteiger partial charge < -0.3 is 9.47 Å². The number of aromatic nitrogens is 3. The van der Waals surface area contributed by atoms with E-state index in [0.717, 1.165) is 30.8 Å². The maximum absolute atomic E-state index is 12.9. The second kappa shape index (κ2) is 6.15. The molecule has 25 heavy (non-hydrogen) atoms. The molecule has 2 aliphatic rings. The molecule has 1 atom stereocenters. The largest absolute Gasteiger partial charge is 0.328 e. The van der Waals surface area contributed by atoms with E-state index in [1.807, 2.05) is 23.6 Å². The summed E-state index contributed by atoms with van der Waals surface area (Å²) in [5, 5.41) is 8.95. The highest BCUT2D eigenvalue weighted by atomic mass is 35.5. The highest BCUT2D eigenvalue weighted by Gasteiger charge is 2.43. The molecule has 3 heterocycles. The van der Waals surface area contributed by atoms with Gasteiger partial charge in [0, 0.05) is 18.1 Å². The van der Waals surface area contributed by atoms with Crippen molar-refractivity contribution in [3.05, 3.63) is 46.5 Å². The molecular weight excluding hydrogens is 342 g/mol. The Balaban J connectivity index is 1.57. The molecule has 0 aliphatic carbocycles. The Bertz CT molecular complexity index is 832. The normalized spacial score (nSPS) is 20.3. The van der Waals surface area contributed by atoms with Gasteiger partial charge in [0.1, 0.15) is 18.4 Å². The summed E-state index contributed by atoms with van der Waals surface area (Å²) in [7, 11) is 0. The van der Waals surface area contributed by atoms with Crippen LogP contribution in [-0.4, -0.2) is 43.0 Å². The molecule has 1 saturated heterocycles. The van der Waals surface area contributed by atoms with Gasteiger partial charge in [0.05, 0.1) is 0 Å². The number of imide groups is 1. The second-order valence-electron chi connectivity index (χ2n) is 6.44. The lowest BCUT2D eigenvalue weighted by molar-refractivity contribution is -0.127. The third-order valence-corrected chi connectivity index (χ3v) is 5.04. The monoisotopic (exact) mass is 359 g/mol. The molecule has 8 heteroatoms. The Labute approximate surface area is 150 Å². The smallest absolute Gasteiger partial charge is 0.313 e. The number of fused-ring (bicyclic) bond motifs is 1. The number of carbonyl (C=O) groups excluding carboxylic acids is 2. The molecule has 3 amide bonds. The molecule has 0 spiro atoms. The zero-order valence-corrected chi connectivity index (χ0v) is 14.6. The van der Waals surface area contributed by atoms with E-state index in [0.29, 0.717) is 17.4 Å². The third kappa shape index (κ3) is 2.78. The van der Waals surface area contributed by atoms with Crippen molar-refractivity contribution in [2.75, 3.05) is 6.54 Å². The molecule has 0 N–H and O–H groups in total. The first-order chi connectivity index (χ1) is 12.0. The SMILES string of the molecule is Cc1nnc2n1CCCC2N1C(=O)CN(Cc2ccc(Cl)cc2)C1=O. The van der Waals surface area contributed by atoms with Gasteiger partial charge in [-0.25, -0.2) is 4.79 Å². The number of hydrogen-bond donors (Lipinski definition) is 0. The Kier molecular flexibility index (Phi) is 3.95. The number of hydrogen-bond acceptors (Lipinski definition) is 4. The lowest BCUT2D eigenvalue weighted by atomic mass is 10.1. The fourth-order valence-corrected chi connectivity index (χ4v) is 3.67. The van der Waals surface area contributed by atoms with Crippen LogP contribution in [-0.2, 0) is 17.9 Å². The number of halogens is 1. The molecule has 0 bridgehead atoms. The van der Waals surface area contributed by atoms with E-state index in [2.05, 4.69) is 10.2 Å². The summed E-state index contributed by atoms with van der Waals surface area (Å²) in [6, 6.07) is 6.70. The van der Waals surface area contributed by atoms with E-state index in [9.17, 15) is 9.59 Å². The van der Waals surface area contributed by atoms with Crippen molar-refractivity contribution in [1.82, 2.24) is 24.6 Å². The van der Waals surface area contributed by atoms with Crippen LogP contribution in [0.3, 0.4) is 0 Å². The van der Waals surface area contributed by atoms with Crippen molar-refractivity contribution < 1.29 is 9.59 Å². The fourth-order valence-electron chi connectivity index (χ4n) is 3.54. The van der Waals surface area contributed by atoms with Gasteiger partial charge >= 0.3 is 6.03 Å². The second-order valence-corrected chi connectivity index (χ2v) is 6.88. The summed E-state index contributed by atoms with van der Waals surface area (Å²) in [5.41, 5.74) is 0.940. The molecule has 1 unspecified atom stereocenters. The number of urea groups is 1. The van der Waals surface area contributed by atoms with E-state index in [4.69, 9.17) is 11.6 Å². The van der Waals surface area contributed by atoms with Crippen molar-refractivity contribution in [3.8, 4) is 0 Å². The van der Waals surface area contributed by atoms with Crippen LogP contribution in [0.4, 0.5) is 4.79 Å². The van der Waals surface area contributed by atoms with E-state index >= 15 is 0 Å². The summed E-state index contributed by atoms with van der Waals surface area (Å²) in [5.74, 6) is 1.34. The first kappa shape index (κ1) is 16.1. The molecule has 1 aromatic heterocycles. The van der Waals surface area contributed by atoms with E-state index < -0.39 is 0 Å². The minimum absolute atomic E-state index is 0.0884. The van der Waals surface area contributed by atoms with E-state index in [1.54, 1.807) is 17.0 Å². The molecule has 2 aliphatic heterocycles. The first-order valence-corrected chi connectivity index (χ1v) is 8.67. The highest BCUT2D eigenvalue weighted by Crippen LogP contribution is 2.33. The molecule has 1 fully saturated rings. The van der Waals surface area contributed by atoms with Crippen LogP contribution in [0, 0.1) is 6.92 Å². The molecular formula is C17H18ClN5O2. The average Bonchev–Trinajstić information content (AvgIpc) is 3.10. The summed E-state index contributed by atoms with van der Waals surface area (Å²) in [6.07, 6.45) is 1.62. The topological polar surface area (TPSA) is 71.3 Å². The number of amides is 3. The Hall–Kier alpha value is -2.41. The third-order valence-electron chi connectivity index (χ3n) is 4.79. The number of carbonyl (C=O) groups is 2. The van der Waals surface area contributed by atoms with Gasteiger partial charge in [0.25, 0.3) is 5.91 Å². The van der Waals surface area contributed by atoms with Gasteiger partial charge in [-0.1, -0.05) is 23.7 Å². The minimum Gasteiger partial charge on any atom is -0.313 e. The Morgan fingerprint density at radius 1 is 1.20 bits per heavy atom. The van der Waals surface area contributed by atoms with Crippen LogP contribution in [0.5, 0.6) is 0 Å². The predicted molar refractivity (Wildman–Crippen MR) is 90.8 cm³/mol. The van der Waals surface area contributed by atoms with Crippen LogP contribution in [0.15, 0.2) is 24.3 Å². The maximum Gasteiger partial charge on any atom is 0.328 e. The van der Waals surface area contributed by atoms with Crippen molar-refractivity contribution in [2.45, 2.75) is 38.9 Å². The Morgan fingerprint density at radius 3 is 2.72 bits per heavy atom. The van der Waals surface area contributed by atoms with Gasteiger partial charge in [-0.05, 0) is 37.5 Å². The number of aryl methyl sites for hydroxylation is 1. The number of benzene rings is 1. The molecule has 130 valence electrons. The van der Waals surface area contributed by atoms with Crippen molar-refractivity contribution in [2.24, 2.45) is 0 Å². The van der Waals surface area contributed by atoms with Crippen LogP contribution in [0.1, 0.15) is 36.1 Å². The quantitative estimate of drug-likeness (QED) is 0.789. The zero-order chi connectivity index (χ0) is 17.6. The van der Waals surface area contributed by atoms with Crippen LogP contribution in [0.2, 0.25) is 5.02 Å². The maximum atomic E-state index is 12.9. The molecule has 0 radical (unpaired) electrons. The summed E-state index contributed by atoms with van der Waals surface area (Å²) >= 11 is 5.90. The van der Waals surface area contributed by atoms with Gasteiger partial charge in [-0.15, -0.1) is 10.2 Å². The van der Waals surface area contributed by atoms with Crippen molar-refractivity contribution in [3.63, 3.8) is 0 Å². The lowest BCUT2D eigenvalue weighted by Crippen LogP contribution is -2.39. The van der Waals surface area contributed by atoms with E-state index in [1.165, 1.54) is 4.90 Å².